The summed E-state index contributed by atoms with van der Waals surface area (Å²) >= 11 is 1.38. The van der Waals surface area contributed by atoms with E-state index in [1.165, 1.54) is 30.0 Å². The van der Waals surface area contributed by atoms with Crippen LogP contribution in [-0.4, -0.2) is 36.5 Å². The zero-order valence-corrected chi connectivity index (χ0v) is 12.0. The molecule has 1 aliphatic heterocycles. The van der Waals surface area contributed by atoms with Gasteiger partial charge < -0.3 is 5.11 Å². The number of carbonyl (C=O) groups is 1. The molecule has 0 saturated carbocycles. The highest BCUT2D eigenvalue weighted by Crippen LogP contribution is 2.30. The van der Waals surface area contributed by atoms with Crippen molar-refractivity contribution in [1.29, 1.82) is 5.26 Å². The SMILES string of the molecule is N#Cc1ccccc1S(=O)(=O)NC1(C(=O)O)CCSC1. The first kappa shape index (κ1) is 14.8. The molecule has 6 nitrogen and oxygen atoms in total. The zero-order valence-electron chi connectivity index (χ0n) is 10.4. The Morgan fingerprint density at radius 2 is 2.15 bits per heavy atom. The van der Waals surface area contributed by atoms with Crippen molar-refractivity contribution in [1.82, 2.24) is 4.72 Å². The number of thioether (sulfide) groups is 1. The molecule has 2 N–H and O–H groups in total. The number of rotatable bonds is 4. The molecule has 8 heteroatoms. The van der Waals surface area contributed by atoms with Gasteiger partial charge in [-0.05, 0) is 24.3 Å². The van der Waals surface area contributed by atoms with Crippen LogP contribution in [0.25, 0.3) is 0 Å². The van der Waals surface area contributed by atoms with E-state index < -0.39 is 21.5 Å². The summed E-state index contributed by atoms with van der Waals surface area (Å²) in [5.74, 6) is -0.439. The molecule has 20 heavy (non-hydrogen) atoms. The molecule has 2 rings (SSSR count). The smallest absolute Gasteiger partial charge is 0.325 e. The Morgan fingerprint density at radius 1 is 1.45 bits per heavy atom. The van der Waals surface area contributed by atoms with E-state index in [2.05, 4.69) is 4.72 Å². The van der Waals surface area contributed by atoms with Gasteiger partial charge >= 0.3 is 5.97 Å². The van der Waals surface area contributed by atoms with Crippen molar-refractivity contribution in [3.63, 3.8) is 0 Å². The molecule has 106 valence electrons. The van der Waals surface area contributed by atoms with Gasteiger partial charge in [-0.15, -0.1) is 0 Å². The van der Waals surface area contributed by atoms with Crippen LogP contribution in [0.15, 0.2) is 29.2 Å². The first-order chi connectivity index (χ1) is 9.41. The first-order valence-corrected chi connectivity index (χ1v) is 8.39. The standard InChI is InChI=1S/C12H12N2O4S2/c13-7-9-3-1-2-4-10(9)20(17,18)14-12(11(15)16)5-6-19-8-12/h1-4,14H,5-6,8H2,(H,15,16). The van der Waals surface area contributed by atoms with Crippen molar-refractivity contribution >= 4 is 27.8 Å². The number of benzene rings is 1. The Hall–Kier alpha value is -1.56. The summed E-state index contributed by atoms with van der Waals surface area (Å²) in [5, 5.41) is 18.2. The molecule has 1 aromatic carbocycles. The van der Waals surface area contributed by atoms with E-state index in [1.54, 1.807) is 12.1 Å². The second-order valence-corrected chi connectivity index (χ2v) is 7.16. The largest absolute Gasteiger partial charge is 0.480 e. The molecule has 1 atom stereocenters. The Morgan fingerprint density at radius 3 is 2.70 bits per heavy atom. The number of carboxylic acids is 1. The molecule has 1 fully saturated rings. The maximum atomic E-state index is 12.3. The molecule has 0 aliphatic carbocycles. The van der Waals surface area contributed by atoms with Crippen molar-refractivity contribution in [2.24, 2.45) is 0 Å². The third-order valence-electron chi connectivity index (χ3n) is 3.06. The summed E-state index contributed by atoms with van der Waals surface area (Å²) in [6.45, 7) is 0. The molecule has 1 aromatic rings. The molecule has 0 radical (unpaired) electrons. The van der Waals surface area contributed by atoms with E-state index in [-0.39, 0.29) is 22.6 Å². The fraction of sp³-hybridized carbons (Fsp3) is 0.333. The normalized spacial score (nSPS) is 22.4. The average molecular weight is 312 g/mol. The van der Waals surface area contributed by atoms with Crippen molar-refractivity contribution < 1.29 is 18.3 Å². The number of hydrogen-bond acceptors (Lipinski definition) is 5. The van der Waals surface area contributed by atoms with E-state index in [9.17, 15) is 18.3 Å². The highest BCUT2D eigenvalue weighted by molar-refractivity contribution is 7.99. The lowest BCUT2D eigenvalue weighted by atomic mass is 10.0. The molecule has 1 unspecified atom stereocenters. The molecule has 1 saturated heterocycles. The Kier molecular flexibility index (Phi) is 4.04. The molecule has 1 aliphatic rings. The van der Waals surface area contributed by atoms with Crippen LogP contribution in [0.3, 0.4) is 0 Å². The van der Waals surface area contributed by atoms with Crippen LogP contribution in [0, 0.1) is 11.3 Å². The molecular weight excluding hydrogens is 300 g/mol. The van der Waals surface area contributed by atoms with Gasteiger partial charge in [0.15, 0.2) is 0 Å². The van der Waals surface area contributed by atoms with Gasteiger partial charge in [0, 0.05) is 5.75 Å². The lowest BCUT2D eigenvalue weighted by Gasteiger charge is -2.24. The lowest BCUT2D eigenvalue weighted by molar-refractivity contribution is -0.142. The van der Waals surface area contributed by atoms with Crippen molar-refractivity contribution in [3.05, 3.63) is 29.8 Å². The maximum absolute atomic E-state index is 12.3. The molecule has 0 spiro atoms. The minimum atomic E-state index is -4.06. The Labute approximate surface area is 120 Å². The molecular formula is C12H12N2O4S2. The fourth-order valence-corrected chi connectivity index (χ4v) is 4.93. The predicted molar refractivity (Wildman–Crippen MR) is 73.8 cm³/mol. The van der Waals surface area contributed by atoms with Crippen molar-refractivity contribution in [2.75, 3.05) is 11.5 Å². The van der Waals surface area contributed by atoms with Gasteiger partial charge in [0.05, 0.1) is 10.5 Å². The Balaban J connectivity index is 2.41. The summed E-state index contributed by atoms with van der Waals surface area (Å²) < 4.78 is 26.9. The van der Waals surface area contributed by atoms with Crippen LogP contribution < -0.4 is 4.72 Å². The van der Waals surface area contributed by atoms with Gasteiger partial charge in [-0.25, -0.2) is 8.42 Å². The lowest BCUT2D eigenvalue weighted by Crippen LogP contribution is -2.54. The number of carboxylic acid groups (broad SMARTS) is 1. The molecule has 0 amide bonds. The van der Waals surface area contributed by atoms with Crippen LogP contribution in [0.1, 0.15) is 12.0 Å². The van der Waals surface area contributed by atoms with Gasteiger partial charge in [-0.1, -0.05) is 12.1 Å². The maximum Gasteiger partial charge on any atom is 0.325 e. The topological polar surface area (TPSA) is 107 Å². The first-order valence-electron chi connectivity index (χ1n) is 5.75. The van der Waals surface area contributed by atoms with Crippen LogP contribution in [0.4, 0.5) is 0 Å². The number of nitrogens with one attached hydrogen (secondary N) is 1. The number of nitriles is 1. The number of aliphatic carboxylic acids is 1. The summed E-state index contributed by atoms with van der Waals surface area (Å²) in [6, 6.07) is 7.51. The minimum absolute atomic E-state index is 0.00816. The second kappa shape index (κ2) is 5.44. The third kappa shape index (κ3) is 2.65. The fourth-order valence-electron chi connectivity index (χ4n) is 1.96. The van der Waals surface area contributed by atoms with Crippen LogP contribution in [-0.2, 0) is 14.8 Å². The second-order valence-electron chi connectivity index (χ2n) is 4.40. The van der Waals surface area contributed by atoms with Crippen molar-refractivity contribution in [2.45, 2.75) is 16.9 Å². The predicted octanol–water partition coefficient (Wildman–Crippen LogP) is 0.797. The third-order valence-corrected chi connectivity index (χ3v) is 5.84. The van der Waals surface area contributed by atoms with Gasteiger partial charge in [0.2, 0.25) is 10.0 Å². The summed E-state index contributed by atoms with van der Waals surface area (Å²) in [4.78, 5) is 11.2. The molecule has 0 bridgehead atoms. The van der Waals surface area contributed by atoms with Gasteiger partial charge in [0.25, 0.3) is 0 Å². The van der Waals surface area contributed by atoms with Gasteiger partial charge in [-0.2, -0.15) is 21.7 Å². The quantitative estimate of drug-likeness (QED) is 0.851. The van der Waals surface area contributed by atoms with E-state index >= 15 is 0 Å². The number of nitrogens with zero attached hydrogens (tertiary/aromatic N) is 1. The average Bonchev–Trinajstić information content (AvgIpc) is 2.88. The van der Waals surface area contributed by atoms with Crippen LogP contribution >= 0.6 is 11.8 Å². The molecule has 1 heterocycles. The Bertz CT molecular complexity index is 673. The highest BCUT2D eigenvalue weighted by atomic mass is 32.2. The van der Waals surface area contributed by atoms with Gasteiger partial charge in [-0.3, -0.25) is 4.79 Å². The number of hydrogen-bond donors (Lipinski definition) is 2. The summed E-state index contributed by atoms with van der Waals surface area (Å²) in [5.41, 5.74) is -1.50. The van der Waals surface area contributed by atoms with E-state index in [1.807, 2.05) is 0 Å². The highest BCUT2D eigenvalue weighted by Gasteiger charge is 2.45. The molecule has 0 aromatic heterocycles. The van der Waals surface area contributed by atoms with E-state index in [0.29, 0.717) is 5.75 Å². The number of sulfonamides is 1. The van der Waals surface area contributed by atoms with Crippen LogP contribution in [0.5, 0.6) is 0 Å². The van der Waals surface area contributed by atoms with Crippen LogP contribution in [0.2, 0.25) is 0 Å². The van der Waals surface area contributed by atoms with E-state index in [4.69, 9.17) is 5.26 Å². The minimum Gasteiger partial charge on any atom is -0.480 e. The zero-order chi connectivity index (χ0) is 14.8. The van der Waals surface area contributed by atoms with E-state index in [0.717, 1.165) is 0 Å². The van der Waals surface area contributed by atoms with Crippen molar-refractivity contribution in [3.8, 4) is 6.07 Å². The summed E-state index contributed by atoms with van der Waals surface area (Å²) in [7, 11) is -4.06. The monoisotopic (exact) mass is 312 g/mol. The summed E-state index contributed by atoms with van der Waals surface area (Å²) in [6.07, 6.45) is 0.223. The van der Waals surface area contributed by atoms with Gasteiger partial charge in [0.1, 0.15) is 11.6 Å².